The van der Waals surface area contributed by atoms with Crippen LogP contribution < -0.4 is 10.6 Å². The molecule has 1 aromatic carbocycles. The first-order valence-corrected chi connectivity index (χ1v) is 9.81. The van der Waals surface area contributed by atoms with Gasteiger partial charge in [0.2, 0.25) is 0 Å². The van der Waals surface area contributed by atoms with Crippen molar-refractivity contribution >= 4 is 35.6 Å². The lowest BCUT2D eigenvalue weighted by Gasteiger charge is -2.26. The minimum Gasteiger partial charge on any atom is -0.468 e. The largest absolute Gasteiger partial charge is 0.468 e. The second-order valence-electron chi connectivity index (χ2n) is 6.91. The number of rotatable bonds is 9. The fourth-order valence-electron chi connectivity index (χ4n) is 3.37. The van der Waals surface area contributed by atoms with Crippen LogP contribution in [0.25, 0.3) is 0 Å². The molecule has 0 saturated carbocycles. The number of furan rings is 1. The molecule has 1 atom stereocenters. The summed E-state index contributed by atoms with van der Waals surface area (Å²) in [5, 5.41) is 17.4. The van der Waals surface area contributed by atoms with Crippen LogP contribution in [-0.4, -0.2) is 42.0 Å². The van der Waals surface area contributed by atoms with Gasteiger partial charge in [-0.15, -0.1) is 30.6 Å². The molecule has 1 aliphatic heterocycles. The van der Waals surface area contributed by atoms with Gasteiger partial charge in [0.15, 0.2) is 5.96 Å². The first kappa shape index (κ1) is 23.9. The molecule has 162 valence electrons. The molecule has 1 saturated heterocycles. The maximum atomic E-state index is 10.8. The highest BCUT2D eigenvalue weighted by Crippen LogP contribution is 2.24. The minimum absolute atomic E-state index is 0. The number of nitrogens with one attached hydrogen (secondary N) is 2. The summed E-state index contributed by atoms with van der Waals surface area (Å²) < 4.78 is 5.67. The number of aliphatic imine (C=N–C) groups is 1. The lowest BCUT2D eigenvalue weighted by Crippen LogP contribution is -2.42. The summed E-state index contributed by atoms with van der Waals surface area (Å²) in [5.74, 6) is 1.61. The lowest BCUT2D eigenvalue weighted by atomic mass is 10.2. The number of hydrogen-bond donors (Lipinski definition) is 2. The van der Waals surface area contributed by atoms with Gasteiger partial charge in [-0.05, 0) is 43.6 Å². The summed E-state index contributed by atoms with van der Waals surface area (Å²) >= 11 is 0. The van der Waals surface area contributed by atoms with Crippen molar-refractivity contribution in [1.29, 1.82) is 0 Å². The standard InChI is InChI=1S/C21H27N5O3.HI/c1-2-11-22-21(23-15-17-7-9-18(10-8-17)26(27)28)24-16-19(20-6-5-14-29-20)25-12-3-4-13-25;/h2,5-10,14,19H,1,3-4,11-13,15-16H2,(H2,22,23,24);1H. The predicted octanol–water partition coefficient (Wildman–Crippen LogP) is 3.86. The zero-order chi connectivity index (χ0) is 20.5. The number of guanidine groups is 1. The average Bonchev–Trinajstić information content (AvgIpc) is 3.44. The Labute approximate surface area is 193 Å². The fraction of sp³-hybridized carbons (Fsp3) is 0.381. The topological polar surface area (TPSA) is 95.9 Å². The van der Waals surface area contributed by atoms with Crippen molar-refractivity contribution in [3.05, 3.63) is 76.8 Å². The number of nitrogens with zero attached hydrogens (tertiary/aromatic N) is 3. The van der Waals surface area contributed by atoms with Crippen LogP contribution in [0.15, 0.2) is 64.7 Å². The molecule has 1 aliphatic rings. The molecule has 8 nitrogen and oxygen atoms in total. The Morgan fingerprint density at radius 3 is 2.60 bits per heavy atom. The number of non-ortho nitro benzene ring substituents is 1. The van der Waals surface area contributed by atoms with Crippen molar-refractivity contribution in [2.75, 3.05) is 26.2 Å². The lowest BCUT2D eigenvalue weighted by molar-refractivity contribution is -0.384. The Bertz CT molecular complexity index is 818. The summed E-state index contributed by atoms with van der Waals surface area (Å²) in [5.41, 5.74) is 0.977. The number of nitro benzene ring substituents is 1. The molecule has 2 N–H and O–H groups in total. The van der Waals surface area contributed by atoms with E-state index >= 15 is 0 Å². The van der Waals surface area contributed by atoms with Crippen LogP contribution in [0.4, 0.5) is 5.69 Å². The summed E-state index contributed by atoms with van der Waals surface area (Å²) in [6, 6.07) is 10.5. The maximum Gasteiger partial charge on any atom is 0.269 e. The highest BCUT2D eigenvalue weighted by atomic mass is 127. The van der Waals surface area contributed by atoms with Crippen molar-refractivity contribution in [3.63, 3.8) is 0 Å². The smallest absolute Gasteiger partial charge is 0.269 e. The number of likely N-dealkylation sites (tertiary alicyclic amines) is 1. The van der Waals surface area contributed by atoms with Crippen LogP contribution in [0.3, 0.4) is 0 Å². The number of nitro groups is 1. The number of halogens is 1. The Hall–Kier alpha value is -2.40. The Morgan fingerprint density at radius 2 is 2.00 bits per heavy atom. The Morgan fingerprint density at radius 1 is 1.27 bits per heavy atom. The first-order valence-electron chi connectivity index (χ1n) is 9.81. The first-order chi connectivity index (χ1) is 14.2. The molecule has 0 spiro atoms. The van der Waals surface area contributed by atoms with Crippen LogP contribution in [0.2, 0.25) is 0 Å². The molecular formula is C21H28IN5O3. The molecule has 0 amide bonds. The minimum atomic E-state index is -0.404. The van der Waals surface area contributed by atoms with Crippen LogP contribution in [0.1, 0.15) is 30.2 Å². The number of hydrogen-bond acceptors (Lipinski definition) is 5. The summed E-state index contributed by atoms with van der Waals surface area (Å²) in [7, 11) is 0. The second kappa shape index (κ2) is 12.3. The summed E-state index contributed by atoms with van der Waals surface area (Å²) in [4.78, 5) is 17.4. The van der Waals surface area contributed by atoms with E-state index in [0.717, 1.165) is 24.4 Å². The van der Waals surface area contributed by atoms with Crippen LogP contribution >= 0.6 is 24.0 Å². The van der Waals surface area contributed by atoms with E-state index < -0.39 is 4.92 Å². The van der Waals surface area contributed by atoms with Crippen LogP contribution in [0, 0.1) is 10.1 Å². The maximum absolute atomic E-state index is 10.8. The van der Waals surface area contributed by atoms with Gasteiger partial charge in [-0.1, -0.05) is 18.2 Å². The van der Waals surface area contributed by atoms with Gasteiger partial charge in [0, 0.05) is 25.2 Å². The number of benzene rings is 1. The third kappa shape index (κ3) is 6.84. The molecule has 2 heterocycles. The molecule has 2 aromatic rings. The molecule has 1 unspecified atom stereocenters. The van der Waals surface area contributed by atoms with E-state index in [1.165, 1.54) is 25.0 Å². The third-order valence-corrected chi connectivity index (χ3v) is 4.90. The predicted molar refractivity (Wildman–Crippen MR) is 128 cm³/mol. The van der Waals surface area contributed by atoms with E-state index in [1.54, 1.807) is 24.5 Å². The summed E-state index contributed by atoms with van der Waals surface area (Å²) in [6.45, 7) is 7.52. The normalized spacial score (nSPS) is 15.3. The molecular weight excluding hydrogens is 497 g/mol. The molecule has 0 aliphatic carbocycles. The fourth-order valence-corrected chi connectivity index (χ4v) is 3.37. The van der Waals surface area contributed by atoms with E-state index in [9.17, 15) is 10.1 Å². The van der Waals surface area contributed by atoms with E-state index in [-0.39, 0.29) is 35.7 Å². The van der Waals surface area contributed by atoms with Crippen molar-refractivity contribution in [2.45, 2.75) is 25.4 Å². The van der Waals surface area contributed by atoms with E-state index in [0.29, 0.717) is 25.6 Å². The monoisotopic (exact) mass is 525 g/mol. The molecule has 0 radical (unpaired) electrons. The van der Waals surface area contributed by atoms with Gasteiger partial charge in [-0.25, -0.2) is 4.99 Å². The van der Waals surface area contributed by atoms with Gasteiger partial charge in [0.05, 0.1) is 23.8 Å². The molecule has 9 heteroatoms. The van der Waals surface area contributed by atoms with Crippen molar-refractivity contribution in [3.8, 4) is 0 Å². The molecule has 1 fully saturated rings. The van der Waals surface area contributed by atoms with Crippen molar-refractivity contribution in [1.82, 2.24) is 15.5 Å². The van der Waals surface area contributed by atoms with Crippen LogP contribution in [0.5, 0.6) is 0 Å². The molecule has 1 aromatic heterocycles. The van der Waals surface area contributed by atoms with Crippen molar-refractivity contribution < 1.29 is 9.34 Å². The second-order valence-corrected chi connectivity index (χ2v) is 6.91. The van der Waals surface area contributed by atoms with Gasteiger partial charge in [0.25, 0.3) is 5.69 Å². The zero-order valence-corrected chi connectivity index (χ0v) is 19.2. The highest BCUT2D eigenvalue weighted by Gasteiger charge is 2.25. The quantitative estimate of drug-likeness (QED) is 0.129. The van der Waals surface area contributed by atoms with E-state index in [4.69, 9.17) is 4.42 Å². The van der Waals surface area contributed by atoms with Crippen LogP contribution in [-0.2, 0) is 6.54 Å². The Balaban J connectivity index is 0.00000320. The molecule has 0 bridgehead atoms. The molecule has 3 rings (SSSR count). The van der Waals surface area contributed by atoms with E-state index in [2.05, 4.69) is 27.1 Å². The third-order valence-electron chi connectivity index (χ3n) is 4.90. The zero-order valence-electron chi connectivity index (χ0n) is 16.8. The molecule has 30 heavy (non-hydrogen) atoms. The van der Waals surface area contributed by atoms with Crippen molar-refractivity contribution in [2.24, 2.45) is 4.99 Å². The van der Waals surface area contributed by atoms with Gasteiger partial charge >= 0.3 is 0 Å². The van der Waals surface area contributed by atoms with Gasteiger partial charge < -0.3 is 15.1 Å². The Kier molecular flexibility index (Phi) is 9.81. The highest BCUT2D eigenvalue weighted by molar-refractivity contribution is 14.0. The van der Waals surface area contributed by atoms with Gasteiger partial charge in [0.1, 0.15) is 5.76 Å². The van der Waals surface area contributed by atoms with Gasteiger partial charge in [-0.2, -0.15) is 0 Å². The SMILES string of the molecule is C=CCNC(=NCc1ccc([N+](=O)[O-])cc1)NCC(c1ccco1)N1CCCC1.I. The summed E-state index contributed by atoms with van der Waals surface area (Å²) in [6.07, 6.45) is 5.88. The van der Waals surface area contributed by atoms with Gasteiger partial charge in [-0.3, -0.25) is 15.0 Å². The average molecular weight is 525 g/mol. The van der Waals surface area contributed by atoms with E-state index in [1.807, 2.05) is 12.1 Å².